The number of anilines is 1. The van der Waals surface area contributed by atoms with Crippen LogP contribution in [0.2, 0.25) is 0 Å². The van der Waals surface area contributed by atoms with Gasteiger partial charge in [0.1, 0.15) is 5.82 Å². The summed E-state index contributed by atoms with van der Waals surface area (Å²) in [6.07, 6.45) is 1.61. The van der Waals surface area contributed by atoms with Gasteiger partial charge in [-0.3, -0.25) is 4.79 Å². The van der Waals surface area contributed by atoms with Gasteiger partial charge in [0.05, 0.1) is 16.9 Å². The number of carbonyl (C=O) groups excluding carboxylic acids is 1. The smallest absolute Gasteiger partial charge is 0.276 e. The van der Waals surface area contributed by atoms with Gasteiger partial charge in [0.2, 0.25) is 0 Å². The van der Waals surface area contributed by atoms with Gasteiger partial charge in [-0.15, -0.1) is 0 Å². The van der Waals surface area contributed by atoms with Crippen LogP contribution in [0.3, 0.4) is 0 Å². The zero-order chi connectivity index (χ0) is 21.3. The Morgan fingerprint density at radius 3 is 2.70 bits per heavy atom. The van der Waals surface area contributed by atoms with Crippen molar-refractivity contribution in [3.8, 4) is 17.1 Å². The zero-order valence-corrected chi connectivity index (χ0v) is 16.8. The second kappa shape index (κ2) is 7.90. The molecule has 8 heteroatoms. The summed E-state index contributed by atoms with van der Waals surface area (Å²) < 4.78 is 20.3. The molecule has 1 amide bonds. The van der Waals surface area contributed by atoms with Crippen molar-refractivity contribution in [2.45, 2.75) is 26.7 Å². The van der Waals surface area contributed by atoms with Crippen molar-refractivity contribution in [3.63, 3.8) is 0 Å². The highest BCUT2D eigenvalue weighted by molar-refractivity contribution is 6.05. The molecular formula is C22H20FN5O2. The minimum atomic E-state index is -0.399. The van der Waals surface area contributed by atoms with E-state index >= 15 is 0 Å². The first-order valence-corrected chi connectivity index (χ1v) is 9.49. The molecule has 2 heterocycles. The average molecular weight is 405 g/mol. The fourth-order valence-electron chi connectivity index (χ4n) is 2.98. The molecule has 4 rings (SSSR count). The Hall–Kier alpha value is -3.81. The number of aromatic nitrogens is 4. The summed E-state index contributed by atoms with van der Waals surface area (Å²) in [6.45, 7) is 5.83. The highest BCUT2D eigenvalue weighted by Gasteiger charge is 2.19. The van der Waals surface area contributed by atoms with E-state index in [-0.39, 0.29) is 17.4 Å². The van der Waals surface area contributed by atoms with E-state index in [4.69, 9.17) is 4.52 Å². The minimum Gasteiger partial charge on any atom is -0.334 e. The highest BCUT2D eigenvalue weighted by atomic mass is 19.1. The second-order valence-corrected chi connectivity index (χ2v) is 7.19. The van der Waals surface area contributed by atoms with Crippen molar-refractivity contribution in [3.05, 3.63) is 77.6 Å². The predicted octanol–water partition coefficient (Wildman–Crippen LogP) is 4.75. The lowest BCUT2D eigenvalue weighted by molar-refractivity contribution is 0.102. The number of carbonyl (C=O) groups is 1. The Kier molecular flexibility index (Phi) is 5.14. The largest absolute Gasteiger partial charge is 0.334 e. The Bertz CT molecular complexity index is 1210. The third-order valence-corrected chi connectivity index (χ3v) is 4.59. The summed E-state index contributed by atoms with van der Waals surface area (Å²) in [6, 6.07) is 13.1. The maximum atomic E-state index is 13.5. The molecular weight excluding hydrogens is 385 g/mol. The van der Waals surface area contributed by atoms with Crippen molar-refractivity contribution in [2.24, 2.45) is 0 Å². The van der Waals surface area contributed by atoms with Crippen LogP contribution in [0.25, 0.3) is 17.1 Å². The number of para-hydroxylation sites is 1. The number of halogens is 1. The van der Waals surface area contributed by atoms with Crippen molar-refractivity contribution in [2.75, 3.05) is 5.32 Å². The number of nitrogens with one attached hydrogen (secondary N) is 1. The number of amides is 1. The number of hydrogen-bond donors (Lipinski definition) is 1. The third kappa shape index (κ3) is 3.84. The molecule has 0 saturated carbocycles. The summed E-state index contributed by atoms with van der Waals surface area (Å²) in [5.74, 6) is 0.279. The van der Waals surface area contributed by atoms with Crippen molar-refractivity contribution in [1.29, 1.82) is 0 Å². The monoisotopic (exact) mass is 405 g/mol. The number of nitrogens with zero attached hydrogens (tertiary/aromatic N) is 4. The molecule has 7 nitrogen and oxygen atoms in total. The topological polar surface area (TPSA) is 85.8 Å². The van der Waals surface area contributed by atoms with Crippen LogP contribution < -0.4 is 5.32 Å². The number of aryl methyl sites for hydroxylation is 1. The molecule has 2 aromatic carbocycles. The molecule has 0 aliphatic carbocycles. The predicted molar refractivity (Wildman–Crippen MR) is 110 cm³/mol. The SMILES string of the molecule is Cc1cccc(-c2nc(C(C)C)no2)c1NC(=O)c1ccn(-c2cccc(F)c2)n1. The fourth-order valence-corrected chi connectivity index (χ4v) is 2.98. The first kappa shape index (κ1) is 19.5. The van der Waals surface area contributed by atoms with E-state index < -0.39 is 5.91 Å². The van der Waals surface area contributed by atoms with Crippen molar-refractivity contribution < 1.29 is 13.7 Å². The fraction of sp³-hybridized carbons (Fsp3) is 0.182. The van der Waals surface area contributed by atoms with E-state index in [0.717, 1.165) is 5.56 Å². The van der Waals surface area contributed by atoms with Gasteiger partial charge in [-0.05, 0) is 42.8 Å². The molecule has 0 aliphatic rings. The van der Waals surface area contributed by atoms with E-state index in [9.17, 15) is 9.18 Å². The van der Waals surface area contributed by atoms with E-state index in [1.54, 1.807) is 24.4 Å². The van der Waals surface area contributed by atoms with E-state index in [0.29, 0.717) is 28.7 Å². The lowest BCUT2D eigenvalue weighted by Gasteiger charge is -2.11. The third-order valence-electron chi connectivity index (χ3n) is 4.59. The summed E-state index contributed by atoms with van der Waals surface area (Å²) in [7, 11) is 0. The second-order valence-electron chi connectivity index (χ2n) is 7.19. The molecule has 0 unspecified atom stereocenters. The Morgan fingerprint density at radius 2 is 1.97 bits per heavy atom. The Balaban J connectivity index is 1.62. The maximum Gasteiger partial charge on any atom is 0.276 e. The maximum absolute atomic E-state index is 13.5. The lowest BCUT2D eigenvalue weighted by atomic mass is 10.1. The number of hydrogen-bond acceptors (Lipinski definition) is 5. The van der Waals surface area contributed by atoms with Gasteiger partial charge in [-0.25, -0.2) is 9.07 Å². The van der Waals surface area contributed by atoms with Crippen LogP contribution in [0, 0.1) is 12.7 Å². The van der Waals surface area contributed by atoms with E-state index in [1.165, 1.54) is 16.8 Å². The first-order valence-electron chi connectivity index (χ1n) is 9.49. The number of rotatable bonds is 5. The van der Waals surface area contributed by atoms with Gasteiger partial charge in [0, 0.05) is 12.1 Å². The van der Waals surface area contributed by atoms with Crippen molar-refractivity contribution in [1.82, 2.24) is 19.9 Å². The Labute approximate surface area is 172 Å². The minimum absolute atomic E-state index is 0.122. The molecule has 0 spiro atoms. The summed E-state index contributed by atoms with van der Waals surface area (Å²) in [5.41, 5.74) is 2.77. The average Bonchev–Trinajstić information content (AvgIpc) is 3.40. The van der Waals surface area contributed by atoms with Crippen LogP contribution in [0.5, 0.6) is 0 Å². The standard InChI is InChI=1S/C22H20FN5O2/c1-13(2)20-25-22(30-27-20)17-9-4-6-14(3)19(17)24-21(29)18-10-11-28(26-18)16-8-5-7-15(23)12-16/h4-13H,1-3H3,(H,24,29). The van der Waals surface area contributed by atoms with Crippen LogP contribution >= 0.6 is 0 Å². The van der Waals surface area contributed by atoms with E-state index in [2.05, 4.69) is 20.6 Å². The molecule has 4 aromatic rings. The molecule has 0 aliphatic heterocycles. The van der Waals surface area contributed by atoms with Gasteiger partial charge in [0.15, 0.2) is 11.5 Å². The molecule has 0 saturated heterocycles. The molecule has 0 atom stereocenters. The highest BCUT2D eigenvalue weighted by Crippen LogP contribution is 2.31. The zero-order valence-electron chi connectivity index (χ0n) is 16.8. The van der Waals surface area contributed by atoms with Crippen LogP contribution in [0.15, 0.2) is 59.3 Å². The summed E-state index contributed by atoms with van der Waals surface area (Å²) in [4.78, 5) is 17.3. The molecule has 0 fully saturated rings. The molecule has 152 valence electrons. The van der Waals surface area contributed by atoms with Gasteiger partial charge in [-0.2, -0.15) is 10.1 Å². The van der Waals surface area contributed by atoms with Crippen molar-refractivity contribution >= 4 is 11.6 Å². The molecule has 0 radical (unpaired) electrons. The van der Waals surface area contributed by atoms with Gasteiger partial charge in [-0.1, -0.05) is 37.2 Å². The van der Waals surface area contributed by atoms with Crippen LogP contribution in [0.4, 0.5) is 10.1 Å². The quantitative estimate of drug-likeness (QED) is 0.518. The van der Waals surface area contributed by atoms with Gasteiger partial charge < -0.3 is 9.84 Å². The normalized spacial score (nSPS) is 11.1. The molecule has 30 heavy (non-hydrogen) atoms. The molecule has 2 aromatic heterocycles. The Morgan fingerprint density at radius 1 is 1.17 bits per heavy atom. The summed E-state index contributed by atoms with van der Waals surface area (Å²) in [5, 5.41) is 11.2. The van der Waals surface area contributed by atoms with Crippen LogP contribution in [-0.4, -0.2) is 25.8 Å². The summed E-state index contributed by atoms with van der Waals surface area (Å²) >= 11 is 0. The molecule has 0 bridgehead atoms. The lowest BCUT2D eigenvalue weighted by Crippen LogP contribution is -2.15. The van der Waals surface area contributed by atoms with Crippen LogP contribution in [-0.2, 0) is 0 Å². The number of benzene rings is 2. The molecule has 1 N–H and O–H groups in total. The van der Waals surface area contributed by atoms with Crippen LogP contribution in [0.1, 0.15) is 41.6 Å². The van der Waals surface area contributed by atoms with Gasteiger partial charge in [0.25, 0.3) is 11.8 Å². The van der Waals surface area contributed by atoms with E-state index in [1.807, 2.05) is 39.0 Å². The first-order chi connectivity index (χ1) is 14.4. The van der Waals surface area contributed by atoms with Gasteiger partial charge >= 0.3 is 0 Å².